The van der Waals surface area contributed by atoms with Crippen molar-refractivity contribution in [1.29, 1.82) is 0 Å². The first-order chi connectivity index (χ1) is 9.65. The van der Waals surface area contributed by atoms with Crippen molar-refractivity contribution in [2.75, 3.05) is 34.4 Å². The SMILES string of the molecule is CCN1C(N)=NCC1c1cc(OC)c(OC)c(OC)c1. The van der Waals surface area contributed by atoms with Crippen LogP contribution in [-0.2, 0) is 0 Å². The van der Waals surface area contributed by atoms with Crippen molar-refractivity contribution in [2.24, 2.45) is 10.7 Å². The van der Waals surface area contributed by atoms with E-state index >= 15 is 0 Å². The molecule has 0 bridgehead atoms. The highest BCUT2D eigenvalue weighted by Crippen LogP contribution is 2.41. The summed E-state index contributed by atoms with van der Waals surface area (Å²) >= 11 is 0. The molecule has 1 aliphatic heterocycles. The Balaban J connectivity index is 2.43. The highest BCUT2D eigenvalue weighted by molar-refractivity contribution is 5.80. The summed E-state index contributed by atoms with van der Waals surface area (Å²) in [5, 5.41) is 0. The van der Waals surface area contributed by atoms with Gasteiger partial charge in [-0.3, -0.25) is 4.99 Å². The molecule has 0 fully saturated rings. The first-order valence-electron chi connectivity index (χ1n) is 6.52. The van der Waals surface area contributed by atoms with E-state index in [2.05, 4.69) is 16.8 Å². The predicted molar refractivity (Wildman–Crippen MR) is 77.7 cm³/mol. The van der Waals surface area contributed by atoms with Gasteiger partial charge in [0.05, 0.1) is 33.9 Å². The van der Waals surface area contributed by atoms with Crippen LogP contribution in [0.25, 0.3) is 0 Å². The van der Waals surface area contributed by atoms with Gasteiger partial charge in [-0.1, -0.05) is 0 Å². The van der Waals surface area contributed by atoms with E-state index in [1.807, 2.05) is 12.1 Å². The zero-order valence-electron chi connectivity index (χ0n) is 12.3. The minimum Gasteiger partial charge on any atom is -0.493 e. The molecule has 1 aliphatic rings. The lowest BCUT2D eigenvalue weighted by Crippen LogP contribution is -2.35. The van der Waals surface area contributed by atoms with Crippen molar-refractivity contribution in [1.82, 2.24) is 4.90 Å². The number of benzene rings is 1. The Kier molecular flexibility index (Phi) is 4.22. The Labute approximate surface area is 119 Å². The second-order valence-corrected chi connectivity index (χ2v) is 4.46. The van der Waals surface area contributed by atoms with Crippen LogP contribution >= 0.6 is 0 Å². The van der Waals surface area contributed by atoms with Gasteiger partial charge in [0.1, 0.15) is 0 Å². The minimum absolute atomic E-state index is 0.105. The van der Waals surface area contributed by atoms with Crippen LogP contribution in [0.3, 0.4) is 0 Å². The van der Waals surface area contributed by atoms with E-state index in [4.69, 9.17) is 19.9 Å². The maximum atomic E-state index is 5.90. The zero-order valence-corrected chi connectivity index (χ0v) is 12.3. The third kappa shape index (κ3) is 2.33. The first kappa shape index (κ1) is 14.3. The standard InChI is InChI=1S/C14H21N3O3/c1-5-17-10(8-16-14(17)15)9-6-11(18-2)13(20-4)12(7-9)19-3/h6-7,10H,5,8H2,1-4H3,(H2,15,16). The Bertz CT molecular complexity index is 491. The topological polar surface area (TPSA) is 69.3 Å². The van der Waals surface area contributed by atoms with Gasteiger partial charge in [-0.05, 0) is 24.6 Å². The molecule has 6 nitrogen and oxygen atoms in total. The monoisotopic (exact) mass is 279 g/mol. The second kappa shape index (κ2) is 5.90. The van der Waals surface area contributed by atoms with E-state index in [-0.39, 0.29) is 6.04 Å². The van der Waals surface area contributed by atoms with Gasteiger partial charge in [0.15, 0.2) is 17.5 Å². The molecule has 0 aliphatic carbocycles. The lowest BCUT2D eigenvalue weighted by molar-refractivity contribution is 0.318. The Morgan fingerprint density at radius 3 is 2.25 bits per heavy atom. The molecule has 1 heterocycles. The third-order valence-electron chi connectivity index (χ3n) is 3.51. The minimum atomic E-state index is 0.105. The molecular formula is C14H21N3O3. The molecule has 1 aromatic carbocycles. The molecule has 20 heavy (non-hydrogen) atoms. The number of ether oxygens (including phenoxy) is 3. The third-order valence-corrected chi connectivity index (χ3v) is 3.51. The molecule has 1 atom stereocenters. The van der Waals surface area contributed by atoms with Crippen LogP contribution in [0.1, 0.15) is 18.5 Å². The van der Waals surface area contributed by atoms with Gasteiger partial charge in [-0.2, -0.15) is 0 Å². The smallest absolute Gasteiger partial charge is 0.203 e. The normalized spacial score (nSPS) is 17.9. The van der Waals surface area contributed by atoms with Crippen LogP contribution in [0, 0.1) is 0 Å². The molecule has 1 unspecified atom stereocenters. The van der Waals surface area contributed by atoms with E-state index in [1.165, 1.54) is 0 Å². The van der Waals surface area contributed by atoms with Crippen molar-refractivity contribution in [3.05, 3.63) is 17.7 Å². The maximum Gasteiger partial charge on any atom is 0.203 e. The van der Waals surface area contributed by atoms with Gasteiger partial charge < -0.3 is 24.8 Å². The van der Waals surface area contributed by atoms with E-state index in [0.717, 1.165) is 12.1 Å². The fourth-order valence-electron chi connectivity index (χ4n) is 2.49. The predicted octanol–water partition coefficient (Wildman–Crippen LogP) is 1.40. The maximum absolute atomic E-state index is 5.90. The van der Waals surface area contributed by atoms with Crippen LogP contribution < -0.4 is 19.9 Å². The molecule has 1 aromatic rings. The fraction of sp³-hybridized carbons (Fsp3) is 0.500. The number of hydrogen-bond acceptors (Lipinski definition) is 6. The van der Waals surface area contributed by atoms with Crippen LogP contribution in [0.15, 0.2) is 17.1 Å². The van der Waals surface area contributed by atoms with Crippen molar-refractivity contribution in [3.63, 3.8) is 0 Å². The number of likely N-dealkylation sites (N-methyl/N-ethyl adjacent to an activating group) is 1. The van der Waals surface area contributed by atoms with Gasteiger partial charge >= 0.3 is 0 Å². The summed E-state index contributed by atoms with van der Waals surface area (Å²) in [5.41, 5.74) is 6.95. The molecule has 0 saturated carbocycles. The fourth-order valence-corrected chi connectivity index (χ4v) is 2.49. The first-order valence-corrected chi connectivity index (χ1v) is 6.52. The second-order valence-electron chi connectivity index (χ2n) is 4.46. The van der Waals surface area contributed by atoms with Crippen LogP contribution in [0.2, 0.25) is 0 Å². The van der Waals surface area contributed by atoms with Gasteiger partial charge in [-0.25, -0.2) is 0 Å². The highest BCUT2D eigenvalue weighted by atomic mass is 16.5. The average Bonchev–Trinajstić information content (AvgIpc) is 2.86. The zero-order chi connectivity index (χ0) is 14.7. The Morgan fingerprint density at radius 2 is 1.80 bits per heavy atom. The lowest BCUT2D eigenvalue weighted by atomic mass is 10.0. The molecule has 6 heteroatoms. The Morgan fingerprint density at radius 1 is 1.20 bits per heavy atom. The quantitative estimate of drug-likeness (QED) is 0.882. The highest BCUT2D eigenvalue weighted by Gasteiger charge is 2.28. The number of aliphatic imine (C=N–C) groups is 1. The molecule has 0 saturated heterocycles. The summed E-state index contributed by atoms with van der Waals surface area (Å²) in [6.45, 7) is 3.49. The van der Waals surface area contributed by atoms with E-state index in [0.29, 0.717) is 29.8 Å². The van der Waals surface area contributed by atoms with Crippen molar-refractivity contribution >= 4 is 5.96 Å². The molecular weight excluding hydrogens is 258 g/mol. The van der Waals surface area contributed by atoms with Gasteiger partial charge in [0, 0.05) is 6.54 Å². The van der Waals surface area contributed by atoms with Crippen molar-refractivity contribution in [3.8, 4) is 17.2 Å². The van der Waals surface area contributed by atoms with Gasteiger partial charge in [0.2, 0.25) is 5.75 Å². The number of guanidine groups is 1. The molecule has 0 amide bonds. The van der Waals surface area contributed by atoms with Crippen LogP contribution in [-0.4, -0.2) is 45.3 Å². The molecule has 0 radical (unpaired) electrons. The van der Waals surface area contributed by atoms with E-state index < -0.39 is 0 Å². The summed E-state index contributed by atoms with van der Waals surface area (Å²) in [5.74, 6) is 2.45. The largest absolute Gasteiger partial charge is 0.493 e. The Hall–Kier alpha value is -2.11. The molecule has 0 aromatic heterocycles. The average molecular weight is 279 g/mol. The number of rotatable bonds is 5. The van der Waals surface area contributed by atoms with Crippen molar-refractivity contribution in [2.45, 2.75) is 13.0 Å². The number of hydrogen-bond donors (Lipinski definition) is 1. The summed E-state index contributed by atoms with van der Waals surface area (Å²) < 4.78 is 16.1. The van der Waals surface area contributed by atoms with Gasteiger partial charge in [-0.15, -0.1) is 0 Å². The number of methoxy groups -OCH3 is 3. The number of nitrogens with zero attached hydrogens (tertiary/aromatic N) is 2. The number of nitrogens with two attached hydrogens (primary N) is 1. The summed E-state index contributed by atoms with van der Waals surface area (Å²) in [6.07, 6.45) is 0. The van der Waals surface area contributed by atoms with Crippen LogP contribution in [0.4, 0.5) is 0 Å². The van der Waals surface area contributed by atoms with E-state index in [9.17, 15) is 0 Å². The summed E-state index contributed by atoms with van der Waals surface area (Å²) in [7, 11) is 4.81. The summed E-state index contributed by atoms with van der Waals surface area (Å²) in [6, 6.07) is 4.00. The van der Waals surface area contributed by atoms with Crippen molar-refractivity contribution < 1.29 is 14.2 Å². The van der Waals surface area contributed by atoms with Crippen LogP contribution in [0.5, 0.6) is 17.2 Å². The summed E-state index contributed by atoms with van der Waals surface area (Å²) in [4.78, 5) is 6.36. The molecule has 2 N–H and O–H groups in total. The van der Waals surface area contributed by atoms with E-state index in [1.54, 1.807) is 21.3 Å². The van der Waals surface area contributed by atoms with Gasteiger partial charge in [0.25, 0.3) is 0 Å². The molecule has 2 rings (SSSR count). The molecule has 0 spiro atoms. The lowest BCUT2D eigenvalue weighted by Gasteiger charge is -2.26. The molecule has 110 valence electrons.